The first-order chi connectivity index (χ1) is 10.2. The van der Waals surface area contributed by atoms with E-state index in [-0.39, 0.29) is 0 Å². The van der Waals surface area contributed by atoms with Crippen LogP contribution in [-0.2, 0) is 0 Å². The molecule has 2 unspecified atom stereocenters. The van der Waals surface area contributed by atoms with Crippen LogP contribution in [0.4, 0.5) is 5.13 Å². The van der Waals surface area contributed by atoms with Crippen LogP contribution in [0.2, 0.25) is 0 Å². The Kier molecular flexibility index (Phi) is 3.67. The third-order valence-electron chi connectivity index (χ3n) is 5.02. The average molecular weight is 366 g/mol. The van der Waals surface area contributed by atoms with E-state index < -0.39 is 0 Å². The summed E-state index contributed by atoms with van der Waals surface area (Å²) in [4.78, 5) is 7.35. The van der Waals surface area contributed by atoms with Crippen molar-refractivity contribution >= 4 is 42.6 Å². The van der Waals surface area contributed by atoms with Gasteiger partial charge in [-0.25, -0.2) is 4.98 Å². The molecule has 0 saturated carbocycles. The number of thiazole rings is 1. The van der Waals surface area contributed by atoms with E-state index in [2.05, 4.69) is 51.4 Å². The van der Waals surface area contributed by atoms with Gasteiger partial charge in [-0.2, -0.15) is 0 Å². The van der Waals surface area contributed by atoms with Crippen LogP contribution in [0.15, 0.2) is 22.7 Å². The van der Waals surface area contributed by atoms with Crippen molar-refractivity contribution in [2.45, 2.75) is 50.2 Å². The number of halogens is 1. The summed E-state index contributed by atoms with van der Waals surface area (Å²) >= 11 is 5.29. The smallest absolute Gasteiger partial charge is 0.184 e. The van der Waals surface area contributed by atoms with Gasteiger partial charge >= 0.3 is 0 Å². The maximum absolute atomic E-state index is 4.74. The number of hydrogen-bond acceptors (Lipinski definition) is 4. The lowest BCUT2D eigenvalue weighted by atomic mass is 9.82. The highest BCUT2D eigenvalue weighted by Gasteiger charge is 2.36. The Morgan fingerprint density at radius 2 is 2.05 bits per heavy atom. The quantitative estimate of drug-likeness (QED) is 0.849. The second kappa shape index (κ2) is 5.52. The molecule has 2 bridgehead atoms. The summed E-state index contributed by atoms with van der Waals surface area (Å²) < 4.78 is 2.36. The van der Waals surface area contributed by atoms with Gasteiger partial charge in [0, 0.05) is 22.6 Å². The van der Waals surface area contributed by atoms with Gasteiger partial charge in [0.15, 0.2) is 5.13 Å². The molecule has 2 saturated heterocycles. The zero-order valence-electron chi connectivity index (χ0n) is 12.2. The highest BCUT2D eigenvalue weighted by Crippen LogP contribution is 2.35. The van der Waals surface area contributed by atoms with E-state index in [1.807, 2.05) is 0 Å². The van der Waals surface area contributed by atoms with Gasteiger partial charge in [0.05, 0.1) is 10.2 Å². The average Bonchev–Trinajstić information content (AvgIpc) is 2.81. The highest BCUT2D eigenvalue weighted by molar-refractivity contribution is 9.10. The van der Waals surface area contributed by atoms with Crippen LogP contribution in [0.3, 0.4) is 0 Å². The minimum atomic E-state index is 0.584. The largest absolute Gasteiger partial charge is 0.359 e. The Bertz CT molecular complexity index is 642. The number of anilines is 1. The van der Waals surface area contributed by atoms with Gasteiger partial charge in [-0.1, -0.05) is 33.7 Å². The first-order valence-corrected chi connectivity index (χ1v) is 9.34. The zero-order chi connectivity index (χ0) is 14.4. The molecule has 0 spiro atoms. The summed E-state index contributed by atoms with van der Waals surface area (Å²) in [5.74, 6) is 0. The summed E-state index contributed by atoms with van der Waals surface area (Å²) in [6, 6.07) is 8.44. The minimum Gasteiger partial charge on any atom is -0.359 e. The van der Waals surface area contributed by atoms with Crippen LogP contribution >= 0.6 is 27.3 Å². The molecule has 1 aromatic heterocycles. The molecular formula is C16H20BrN3S. The van der Waals surface area contributed by atoms with Crippen molar-refractivity contribution in [3.05, 3.63) is 22.7 Å². The van der Waals surface area contributed by atoms with Crippen molar-refractivity contribution in [2.75, 3.05) is 12.4 Å². The number of hydrogen-bond donors (Lipinski definition) is 1. The van der Waals surface area contributed by atoms with Gasteiger partial charge in [0.25, 0.3) is 0 Å². The van der Waals surface area contributed by atoms with Gasteiger partial charge in [-0.15, -0.1) is 0 Å². The Balaban J connectivity index is 1.52. The lowest BCUT2D eigenvalue weighted by Crippen LogP contribution is -2.52. The molecule has 0 aliphatic carbocycles. The minimum absolute atomic E-state index is 0.584. The fraction of sp³-hybridized carbons (Fsp3) is 0.562. The number of nitrogens with one attached hydrogen (secondary N) is 1. The second-order valence-corrected chi connectivity index (χ2v) is 8.29. The summed E-state index contributed by atoms with van der Waals surface area (Å²) in [5.41, 5.74) is 1.09. The first-order valence-electron chi connectivity index (χ1n) is 7.73. The van der Waals surface area contributed by atoms with E-state index >= 15 is 0 Å². The van der Waals surface area contributed by atoms with Crippen LogP contribution in [0.25, 0.3) is 10.2 Å². The molecule has 2 aliphatic heterocycles. The van der Waals surface area contributed by atoms with Crippen molar-refractivity contribution in [1.29, 1.82) is 0 Å². The van der Waals surface area contributed by atoms with Crippen LogP contribution < -0.4 is 5.32 Å². The van der Waals surface area contributed by atoms with Crippen molar-refractivity contribution < 1.29 is 0 Å². The third-order valence-corrected chi connectivity index (χ3v) is 6.48. The lowest BCUT2D eigenvalue weighted by Gasteiger charge is -2.47. The number of nitrogens with zero attached hydrogens (tertiary/aromatic N) is 2. The molecule has 0 radical (unpaired) electrons. The van der Waals surface area contributed by atoms with Gasteiger partial charge in [0.2, 0.25) is 0 Å². The fourth-order valence-electron chi connectivity index (χ4n) is 3.87. The van der Waals surface area contributed by atoms with Crippen LogP contribution in [-0.4, -0.2) is 35.1 Å². The van der Waals surface area contributed by atoms with E-state index in [0.29, 0.717) is 6.04 Å². The predicted octanol–water partition coefficient (Wildman–Crippen LogP) is 4.49. The molecule has 2 aromatic rings. The van der Waals surface area contributed by atoms with Crippen LogP contribution in [0.5, 0.6) is 0 Å². The SMILES string of the molecule is CN1C2CCCC1CC(Nc1nc3cc(Br)ccc3s1)C2. The number of fused-ring (bicyclic) bond motifs is 3. The molecule has 3 heterocycles. The number of rotatable bonds is 2. The molecule has 112 valence electrons. The van der Waals surface area contributed by atoms with E-state index in [1.54, 1.807) is 11.3 Å². The maximum Gasteiger partial charge on any atom is 0.184 e. The lowest BCUT2D eigenvalue weighted by molar-refractivity contribution is 0.0608. The predicted molar refractivity (Wildman–Crippen MR) is 93.2 cm³/mol. The van der Waals surface area contributed by atoms with E-state index in [0.717, 1.165) is 27.2 Å². The van der Waals surface area contributed by atoms with Gasteiger partial charge in [-0.05, 0) is 50.9 Å². The molecule has 5 heteroatoms. The van der Waals surface area contributed by atoms with E-state index in [9.17, 15) is 0 Å². The molecule has 3 nitrogen and oxygen atoms in total. The highest BCUT2D eigenvalue weighted by atomic mass is 79.9. The number of benzene rings is 1. The zero-order valence-corrected chi connectivity index (χ0v) is 14.6. The van der Waals surface area contributed by atoms with Crippen LogP contribution in [0.1, 0.15) is 32.1 Å². The molecule has 1 N–H and O–H groups in total. The molecule has 4 rings (SSSR count). The summed E-state index contributed by atoms with van der Waals surface area (Å²) in [5, 5.41) is 4.78. The van der Waals surface area contributed by atoms with Crippen molar-refractivity contribution in [2.24, 2.45) is 0 Å². The van der Waals surface area contributed by atoms with Gasteiger partial charge < -0.3 is 10.2 Å². The van der Waals surface area contributed by atoms with Gasteiger partial charge in [0.1, 0.15) is 0 Å². The van der Waals surface area contributed by atoms with E-state index in [1.165, 1.54) is 36.8 Å². The molecule has 2 aliphatic rings. The topological polar surface area (TPSA) is 28.2 Å². The van der Waals surface area contributed by atoms with Crippen molar-refractivity contribution in [1.82, 2.24) is 9.88 Å². The molecule has 0 amide bonds. The number of piperidine rings is 2. The Labute approximate surface area is 137 Å². The molecule has 2 fully saturated rings. The summed E-state index contributed by atoms with van der Waals surface area (Å²) in [7, 11) is 2.31. The van der Waals surface area contributed by atoms with E-state index in [4.69, 9.17) is 4.98 Å². The standard InChI is InChI=1S/C16H20BrN3S/c1-20-12-3-2-4-13(20)9-11(8-12)18-16-19-14-7-10(17)5-6-15(14)21-16/h5-7,11-13H,2-4,8-9H2,1H3,(H,18,19). The molecule has 2 atom stereocenters. The van der Waals surface area contributed by atoms with Gasteiger partial charge in [-0.3, -0.25) is 0 Å². The Hall–Kier alpha value is -0.650. The van der Waals surface area contributed by atoms with Crippen molar-refractivity contribution in [3.63, 3.8) is 0 Å². The molecular weight excluding hydrogens is 346 g/mol. The monoisotopic (exact) mass is 365 g/mol. The molecule has 21 heavy (non-hydrogen) atoms. The van der Waals surface area contributed by atoms with Crippen molar-refractivity contribution in [3.8, 4) is 0 Å². The third kappa shape index (κ3) is 2.71. The Morgan fingerprint density at radius 3 is 2.81 bits per heavy atom. The maximum atomic E-state index is 4.74. The second-order valence-electron chi connectivity index (χ2n) is 6.35. The summed E-state index contributed by atoms with van der Waals surface area (Å²) in [6.07, 6.45) is 6.64. The fourth-order valence-corrected chi connectivity index (χ4v) is 5.14. The normalized spacial score (nSPS) is 29.7. The molecule has 1 aromatic carbocycles. The number of aromatic nitrogens is 1. The summed E-state index contributed by atoms with van der Waals surface area (Å²) in [6.45, 7) is 0. The Morgan fingerprint density at radius 1 is 1.29 bits per heavy atom. The van der Waals surface area contributed by atoms with Crippen LogP contribution in [0, 0.1) is 0 Å². The first kappa shape index (κ1) is 14.0.